The van der Waals surface area contributed by atoms with Crippen LogP contribution in [0, 0.1) is 13.1 Å². The molecule has 2 aromatic carbocycles. The zero-order valence-corrected chi connectivity index (χ0v) is 23.1. The molecule has 0 radical (unpaired) electrons. The molecule has 0 saturated carbocycles. The SMILES string of the molecule is C[C@H]1[C@H]([Si](C)(C)O)[C@@H](CCO)O[C@]12C(=O)N(Cc1cccc(I)c1)c1ccc(I)cc12. The van der Waals surface area contributed by atoms with E-state index in [1.165, 1.54) is 0 Å². The monoisotopic (exact) mass is 663 g/mol. The van der Waals surface area contributed by atoms with Crippen LogP contribution in [0.3, 0.4) is 0 Å². The molecule has 0 aromatic heterocycles. The molecule has 4 rings (SSSR count). The van der Waals surface area contributed by atoms with Crippen LogP contribution in [0.25, 0.3) is 0 Å². The molecule has 166 valence electrons. The van der Waals surface area contributed by atoms with Crippen molar-refractivity contribution >= 4 is 65.1 Å². The zero-order chi connectivity index (χ0) is 22.6. The summed E-state index contributed by atoms with van der Waals surface area (Å²) in [5, 5.41) is 9.66. The number of carbonyl (C=O) groups excluding carboxylic acids is 1. The van der Waals surface area contributed by atoms with Crippen LogP contribution in [0.1, 0.15) is 24.5 Å². The Hall–Kier alpha value is -0.533. The van der Waals surface area contributed by atoms with Gasteiger partial charge in [0.1, 0.15) is 0 Å². The number of nitrogens with zero attached hydrogens (tertiary/aromatic N) is 1. The second kappa shape index (κ2) is 8.67. The van der Waals surface area contributed by atoms with E-state index in [9.17, 15) is 14.7 Å². The highest BCUT2D eigenvalue weighted by Gasteiger charge is 2.66. The van der Waals surface area contributed by atoms with Gasteiger partial charge in [-0.15, -0.1) is 0 Å². The quantitative estimate of drug-likeness (QED) is 0.362. The summed E-state index contributed by atoms with van der Waals surface area (Å²) in [5.41, 5.74) is 1.54. The average molecular weight is 663 g/mol. The Morgan fingerprint density at radius 2 is 1.87 bits per heavy atom. The van der Waals surface area contributed by atoms with E-state index in [0.717, 1.165) is 24.0 Å². The van der Waals surface area contributed by atoms with Crippen molar-refractivity contribution in [1.82, 2.24) is 0 Å². The summed E-state index contributed by atoms with van der Waals surface area (Å²) in [5.74, 6) is -0.263. The topological polar surface area (TPSA) is 70.0 Å². The van der Waals surface area contributed by atoms with Gasteiger partial charge >= 0.3 is 0 Å². The van der Waals surface area contributed by atoms with Gasteiger partial charge in [0, 0.05) is 30.8 Å². The molecule has 1 amide bonds. The summed E-state index contributed by atoms with van der Waals surface area (Å²) < 4.78 is 8.77. The largest absolute Gasteiger partial charge is 0.432 e. The molecule has 5 nitrogen and oxygen atoms in total. The Morgan fingerprint density at radius 1 is 1.16 bits per heavy atom. The second-order valence-electron chi connectivity index (χ2n) is 9.06. The first-order chi connectivity index (χ1) is 14.6. The lowest BCUT2D eigenvalue weighted by Gasteiger charge is -2.32. The summed E-state index contributed by atoms with van der Waals surface area (Å²) in [6.07, 6.45) is 0.0657. The normalized spacial score (nSPS) is 27.9. The molecule has 8 heteroatoms. The fourth-order valence-corrected chi connectivity index (χ4v) is 9.12. The van der Waals surface area contributed by atoms with E-state index in [1.807, 2.05) is 61.3 Å². The van der Waals surface area contributed by atoms with E-state index in [2.05, 4.69) is 51.2 Å². The molecular weight excluding hydrogens is 636 g/mol. The van der Waals surface area contributed by atoms with Gasteiger partial charge in [0.2, 0.25) is 0 Å². The second-order valence-corrected chi connectivity index (χ2v) is 15.5. The van der Waals surface area contributed by atoms with Gasteiger partial charge in [0.15, 0.2) is 13.9 Å². The number of aliphatic hydroxyl groups is 1. The van der Waals surface area contributed by atoms with Crippen LogP contribution in [0.5, 0.6) is 0 Å². The van der Waals surface area contributed by atoms with Gasteiger partial charge in [0.25, 0.3) is 5.91 Å². The number of rotatable bonds is 5. The number of hydrogen-bond donors (Lipinski definition) is 2. The number of carbonyl (C=O) groups is 1. The lowest BCUT2D eigenvalue weighted by atomic mass is 9.82. The molecule has 2 aliphatic heterocycles. The van der Waals surface area contributed by atoms with Crippen LogP contribution in [-0.2, 0) is 21.7 Å². The predicted molar refractivity (Wildman–Crippen MR) is 140 cm³/mol. The minimum absolute atomic E-state index is 0.0337. The molecule has 4 atom stereocenters. The van der Waals surface area contributed by atoms with E-state index < -0.39 is 13.9 Å². The van der Waals surface area contributed by atoms with Gasteiger partial charge in [-0.2, -0.15) is 0 Å². The average Bonchev–Trinajstić information content (AvgIpc) is 3.10. The Balaban J connectivity index is 1.83. The van der Waals surface area contributed by atoms with Crippen molar-refractivity contribution in [2.75, 3.05) is 11.5 Å². The first-order valence-corrected chi connectivity index (χ1v) is 15.6. The summed E-state index contributed by atoms with van der Waals surface area (Å²) in [6, 6.07) is 14.2. The summed E-state index contributed by atoms with van der Waals surface area (Å²) in [6.45, 7) is 6.27. The molecule has 2 aromatic rings. The number of aliphatic hydroxyl groups excluding tert-OH is 1. The third-order valence-electron chi connectivity index (χ3n) is 6.59. The Kier molecular flexibility index (Phi) is 6.61. The Morgan fingerprint density at radius 3 is 2.52 bits per heavy atom. The molecule has 31 heavy (non-hydrogen) atoms. The number of anilines is 1. The third-order valence-corrected chi connectivity index (χ3v) is 10.4. The minimum atomic E-state index is -2.66. The highest BCUT2D eigenvalue weighted by molar-refractivity contribution is 14.1. The smallest absolute Gasteiger partial charge is 0.264 e. The molecule has 1 saturated heterocycles. The third kappa shape index (κ3) is 4.01. The van der Waals surface area contributed by atoms with Gasteiger partial charge in [-0.3, -0.25) is 4.79 Å². The summed E-state index contributed by atoms with van der Waals surface area (Å²) >= 11 is 4.55. The van der Waals surface area contributed by atoms with E-state index >= 15 is 0 Å². The van der Waals surface area contributed by atoms with Crippen molar-refractivity contribution in [3.05, 3.63) is 60.7 Å². The van der Waals surface area contributed by atoms with Crippen molar-refractivity contribution in [2.24, 2.45) is 5.92 Å². The van der Waals surface area contributed by atoms with E-state index in [0.29, 0.717) is 13.0 Å². The molecule has 2 heterocycles. The van der Waals surface area contributed by atoms with E-state index in [-0.39, 0.29) is 30.1 Å². The Labute approximate surface area is 211 Å². The Bertz CT molecular complexity index is 1010. The fraction of sp³-hybridized carbons (Fsp3) is 0.435. The van der Waals surface area contributed by atoms with Gasteiger partial charge in [-0.25, -0.2) is 0 Å². The van der Waals surface area contributed by atoms with Crippen LogP contribution < -0.4 is 4.90 Å². The lowest BCUT2D eigenvalue weighted by molar-refractivity contribution is -0.146. The highest BCUT2D eigenvalue weighted by atomic mass is 127. The standard InChI is InChI=1S/C23H27I2NO4Si/c1-14-21(31(2,3)29)20(9-10-27)30-23(14)18-12-17(25)7-8-19(18)26(22(23)28)13-15-5-4-6-16(24)11-15/h4-8,11-12,14,20-21,27,29H,9-10,13H2,1-3H3/t14-,20+,21-,23+/m0/s1. The molecule has 2 N–H and O–H groups in total. The van der Waals surface area contributed by atoms with Crippen molar-refractivity contribution in [3.8, 4) is 0 Å². The molecule has 2 aliphatic rings. The fourth-order valence-electron chi connectivity index (χ4n) is 5.42. The molecular formula is C23H27I2NO4Si. The number of fused-ring (bicyclic) bond motifs is 2. The van der Waals surface area contributed by atoms with Crippen LogP contribution in [0.2, 0.25) is 18.6 Å². The van der Waals surface area contributed by atoms with Gasteiger partial charge in [-0.1, -0.05) is 19.1 Å². The van der Waals surface area contributed by atoms with Gasteiger partial charge in [-0.05, 0) is 101 Å². The van der Waals surface area contributed by atoms with Crippen LogP contribution in [0.4, 0.5) is 5.69 Å². The summed E-state index contributed by atoms with van der Waals surface area (Å²) in [4.78, 5) is 27.0. The maximum absolute atomic E-state index is 14.1. The number of ether oxygens (including phenoxy) is 1. The van der Waals surface area contributed by atoms with Gasteiger partial charge in [0.05, 0.1) is 18.3 Å². The highest BCUT2D eigenvalue weighted by Crippen LogP contribution is 2.59. The first-order valence-electron chi connectivity index (χ1n) is 10.5. The zero-order valence-electron chi connectivity index (χ0n) is 17.8. The van der Waals surface area contributed by atoms with Gasteiger partial charge < -0.3 is 19.5 Å². The summed E-state index contributed by atoms with van der Waals surface area (Å²) in [7, 11) is -2.66. The minimum Gasteiger partial charge on any atom is -0.432 e. The van der Waals surface area contributed by atoms with Crippen molar-refractivity contribution in [2.45, 2.75) is 50.2 Å². The first kappa shape index (κ1) is 23.6. The molecule has 0 aliphatic carbocycles. The maximum atomic E-state index is 14.1. The van der Waals surface area contributed by atoms with E-state index in [1.54, 1.807) is 0 Å². The number of benzene rings is 2. The number of amides is 1. The van der Waals surface area contributed by atoms with E-state index in [4.69, 9.17) is 4.74 Å². The van der Waals surface area contributed by atoms with Crippen LogP contribution in [-0.4, -0.2) is 36.8 Å². The lowest BCUT2D eigenvalue weighted by Crippen LogP contribution is -2.46. The van der Waals surface area contributed by atoms with Crippen molar-refractivity contribution < 1.29 is 19.4 Å². The number of halogens is 2. The molecule has 1 spiro atoms. The van der Waals surface area contributed by atoms with Crippen molar-refractivity contribution in [1.29, 1.82) is 0 Å². The molecule has 0 unspecified atom stereocenters. The molecule has 1 fully saturated rings. The maximum Gasteiger partial charge on any atom is 0.264 e. The van der Waals surface area contributed by atoms with Crippen LogP contribution >= 0.6 is 45.2 Å². The van der Waals surface area contributed by atoms with Crippen molar-refractivity contribution in [3.63, 3.8) is 0 Å². The predicted octanol–water partition coefficient (Wildman–Crippen LogP) is 4.62. The molecule has 0 bridgehead atoms. The number of hydrogen-bond acceptors (Lipinski definition) is 4. The van der Waals surface area contributed by atoms with Crippen LogP contribution in [0.15, 0.2) is 42.5 Å².